The Bertz CT molecular complexity index is 828. The molecule has 0 radical (unpaired) electrons. The van der Waals surface area contributed by atoms with Crippen LogP contribution < -0.4 is 0 Å². The lowest BCUT2D eigenvalue weighted by Crippen LogP contribution is -2.43. The quantitative estimate of drug-likeness (QED) is 0.274. The van der Waals surface area contributed by atoms with Crippen LogP contribution in [0.2, 0.25) is 0 Å². The molecule has 0 bridgehead atoms. The van der Waals surface area contributed by atoms with Gasteiger partial charge in [0, 0.05) is 12.5 Å². The van der Waals surface area contributed by atoms with Crippen molar-refractivity contribution in [2.24, 2.45) is 11.3 Å². The maximum Gasteiger partial charge on any atom is 0.301 e. The van der Waals surface area contributed by atoms with E-state index in [4.69, 9.17) is 9.47 Å². The molecule has 7 heteroatoms. The second-order valence-corrected chi connectivity index (χ2v) is 9.86. The van der Waals surface area contributed by atoms with Crippen molar-refractivity contribution in [2.45, 2.75) is 146 Å². The van der Waals surface area contributed by atoms with E-state index in [1.54, 1.807) is 14.0 Å². The second kappa shape index (κ2) is 58.4. The lowest BCUT2D eigenvalue weighted by atomic mass is 9.90. The van der Waals surface area contributed by atoms with Crippen LogP contribution in [0.4, 0.5) is 13.2 Å². The molecule has 0 N–H and O–H groups in total. The molecule has 1 aliphatic heterocycles. The molecule has 3 rings (SSSR count). The number of halogens is 3. The average molecular weight is 725 g/mol. The molecule has 0 unspecified atom stereocenters. The van der Waals surface area contributed by atoms with Crippen molar-refractivity contribution in [2.75, 3.05) is 26.9 Å². The second-order valence-electron chi connectivity index (χ2n) is 9.86. The molecule has 1 aromatic rings. The molecule has 0 atom stereocenters. The first kappa shape index (κ1) is 76.9. The van der Waals surface area contributed by atoms with Crippen LogP contribution in [0.1, 0.15) is 151 Å². The predicted molar refractivity (Wildman–Crippen MR) is 225 cm³/mol. The molecule has 2 aliphatic rings. The molecular weight excluding hydrogens is 637 g/mol. The Morgan fingerprint density at radius 2 is 1.18 bits per heavy atom. The van der Waals surface area contributed by atoms with Crippen LogP contribution in [-0.4, -0.2) is 38.5 Å². The number of methoxy groups -OCH3 is 1. The molecule has 50 heavy (non-hydrogen) atoms. The molecule has 1 saturated heterocycles. The minimum Gasteiger partial charge on any atom is -0.384 e. The molecule has 0 spiro atoms. The van der Waals surface area contributed by atoms with Crippen LogP contribution in [0.15, 0.2) is 73.6 Å². The maximum absolute atomic E-state index is 11.0. The summed E-state index contributed by atoms with van der Waals surface area (Å²) >= 11 is 0. The maximum atomic E-state index is 11.0. The number of rotatable bonds is 6. The van der Waals surface area contributed by atoms with Gasteiger partial charge in [-0.15, -0.1) is 0 Å². The van der Waals surface area contributed by atoms with Gasteiger partial charge in [-0.1, -0.05) is 174 Å². The first-order valence-corrected chi connectivity index (χ1v) is 15.8. The van der Waals surface area contributed by atoms with E-state index in [2.05, 4.69) is 47.4 Å². The number of ketones is 2. The third kappa shape index (κ3) is 75.5. The van der Waals surface area contributed by atoms with E-state index in [9.17, 15) is 22.8 Å². The summed E-state index contributed by atoms with van der Waals surface area (Å²) in [5.74, 6) is -0.190. The molecule has 1 aromatic carbocycles. The number of carbonyl (C=O) groups is 2. The van der Waals surface area contributed by atoms with Crippen LogP contribution >= 0.6 is 0 Å². The van der Waals surface area contributed by atoms with Gasteiger partial charge in [-0.3, -0.25) is 9.59 Å². The fraction of sp³-hybridized carbons (Fsp3) is 0.628. The molecule has 0 aromatic heterocycles. The van der Waals surface area contributed by atoms with Crippen LogP contribution in [0.5, 0.6) is 0 Å². The van der Waals surface area contributed by atoms with E-state index in [0.717, 1.165) is 25.7 Å². The van der Waals surface area contributed by atoms with E-state index in [1.807, 2.05) is 64.1 Å². The molecule has 1 saturated carbocycles. The number of benzene rings is 1. The number of Topliss-reactive ketones (excluding diaryl/α,β-unsaturated/α-hetero) is 1. The van der Waals surface area contributed by atoms with Crippen molar-refractivity contribution in [3.05, 3.63) is 79.2 Å². The molecule has 1 aliphatic carbocycles. The van der Waals surface area contributed by atoms with Crippen LogP contribution in [0.3, 0.4) is 0 Å². The fourth-order valence-electron chi connectivity index (χ4n) is 2.00. The van der Waals surface area contributed by atoms with Gasteiger partial charge >= 0.3 is 6.08 Å². The van der Waals surface area contributed by atoms with Crippen LogP contribution in [0.25, 0.3) is 6.08 Å². The average Bonchev–Trinajstić information content (AvgIpc) is 3.86. The Morgan fingerprint density at radius 1 is 0.860 bits per heavy atom. The highest BCUT2D eigenvalue weighted by atomic mass is 19.3. The third-order valence-electron chi connectivity index (χ3n) is 4.85. The van der Waals surface area contributed by atoms with Crippen molar-refractivity contribution in [1.82, 2.24) is 0 Å². The Morgan fingerprint density at radius 3 is 1.26 bits per heavy atom. The summed E-state index contributed by atoms with van der Waals surface area (Å²) < 4.78 is 42.3. The highest BCUT2D eigenvalue weighted by Crippen LogP contribution is 2.31. The number of hydrogen-bond donors (Lipinski definition) is 0. The summed E-state index contributed by atoms with van der Waals surface area (Å²) in [6, 6.07) is 10.0. The standard InChI is InChI=1S/C8H8.C6H12O2.C5H8O.C5H10.C4H6O.C3H3F3.C3H8.2C2H6.5CH4/c1-2-8-6-4-3-5-7-8;1-6(3-7-2)4-8-5-6;1-4(2)5(3)6;1-2-5-3-4-5;1-3-4(2)5;1-2(4)3(5)6;1-3-2;2*1-2;;;;;/h2-7H,1H2;3-5H2,1-2H3;1H2,2-3H3;5H,2-4H2,1H3;3H,1H2,2H3;1H3;3H2,1-2H3;2*1-2H3;5*1H4. The zero-order valence-corrected chi connectivity index (χ0v) is 31.0. The summed E-state index contributed by atoms with van der Waals surface area (Å²) in [5, 5.41) is 0. The van der Waals surface area contributed by atoms with E-state index in [0.29, 0.717) is 17.9 Å². The summed E-state index contributed by atoms with van der Waals surface area (Å²) in [4.78, 5) is 19.7. The summed E-state index contributed by atoms with van der Waals surface area (Å²) in [5.41, 5.74) is 2.12. The zero-order valence-electron chi connectivity index (χ0n) is 31.0. The van der Waals surface area contributed by atoms with Gasteiger partial charge in [0.1, 0.15) is 0 Å². The molecular formula is C43H87F3O4. The summed E-state index contributed by atoms with van der Waals surface area (Å²) in [7, 11) is 1.73. The molecule has 0 amide bonds. The van der Waals surface area contributed by atoms with Gasteiger partial charge < -0.3 is 9.47 Å². The zero-order chi connectivity index (χ0) is 36.9. The summed E-state index contributed by atoms with van der Waals surface area (Å²) in [6.45, 7) is 34.8. The molecule has 4 nitrogen and oxygen atoms in total. The van der Waals surface area contributed by atoms with Crippen molar-refractivity contribution < 1.29 is 32.2 Å². The lowest BCUT2D eigenvalue weighted by Gasteiger charge is -2.37. The Balaban J connectivity index is -0.0000000387. The smallest absolute Gasteiger partial charge is 0.301 e. The first-order chi connectivity index (χ1) is 21.1. The molecule has 1 heterocycles. The minimum atomic E-state index is -2.24. The van der Waals surface area contributed by atoms with Gasteiger partial charge in [-0.2, -0.15) is 8.78 Å². The molecule has 304 valence electrons. The van der Waals surface area contributed by atoms with Crippen LogP contribution in [0, 0.1) is 11.3 Å². The Hall–Kier alpha value is -2.77. The van der Waals surface area contributed by atoms with Crippen molar-refractivity contribution >= 4 is 17.6 Å². The monoisotopic (exact) mass is 725 g/mol. The number of carbonyl (C=O) groups excluding carboxylic acids is 2. The van der Waals surface area contributed by atoms with Gasteiger partial charge in [0.2, 0.25) is 0 Å². The number of ether oxygens (including phenoxy) is 2. The van der Waals surface area contributed by atoms with Gasteiger partial charge in [0.05, 0.1) is 19.8 Å². The Kier molecular flexibility index (Phi) is 89.9. The van der Waals surface area contributed by atoms with Crippen molar-refractivity contribution in [1.29, 1.82) is 0 Å². The van der Waals surface area contributed by atoms with E-state index in [1.165, 1.54) is 51.2 Å². The minimum absolute atomic E-state index is 0. The van der Waals surface area contributed by atoms with Gasteiger partial charge in [-0.25, -0.2) is 4.39 Å². The highest BCUT2D eigenvalue weighted by Gasteiger charge is 2.32. The van der Waals surface area contributed by atoms with E-state index >= 15 is 0 Å². The normalized spacial score (nSPS) is 10.8. The lowest BCUT2D eigenvalue weighted by molar-refractivity contribution is -0.131. The van der Waals surface area contributed by atoms with Gasteiger partial charge in [0.25, 0.3) is 0 Å². The topological polar surface area (TPSA) is 52.6 Å². The van der Waals surface area contributed by atoms with Gasteiger partial charge in [0.15, 0.2) is 17.4 Å². The fourth-order valence-corrected chi connectivity index (χ4v) is 2.00. The number of allylic oxidation sites excluding steroid dienone is 3. The molecule has 2 fully saturated rings. The number of hydrogen-bond acceptors (Lipinski definition) is 4. The van der Waals surface area contributed by atoms with E-state index in [-0.39, 0.29) is 48.7 Å². The van der Waals surface area contributed by atoms with E-state index < -0.39 is 11.9 Å². The van der Waals surface area contributed by atoms with Gasteiger partial charge in [-0.05, 0) is 50.8 Å². The van der Waals surface area contributed by atoms with Crippen molar-refractivity contribution in [3.63, 3.8) is 0 Å². The van der Waals surface area contributed by atoms with Crippen LogP contribution in [-0.2, 0) is 19.1 Å². The largest absolute Gasteiger partial charge is 0.384 e. The Labute approximate surface area is 312 Å². The predicted octanol–water partition coefficient (Wildman–Crippen LogP) is 15.5. The van der Waals surface area contributed by atoms with Crippen molar-refractivity contribution in [3.8, 4) is 0 Å². The third-order valence-corrected chi connectivity index (χ3v) is 4.85. The highest BCUT2D eigenvalue weighted by molar-refractivity contribution is 5.91. The summed E-state index contributed by atoms with van der Waals surface area (Å²) in [6.07, 6.45) is 6.56. The SMILES string of the molecule is C.C.C.C.C.C=C(C)C(C)=O.C=CC(C)=O.C=Cc1ccccc1.CC.CC.CC(F)=C(F)F.CCC.CCC1CC1.COCC1(C)COC1. The first-order valence-electron chi connectivity index (χ1n) is 15.8.